The predicted molar refractivity (Wildman–Crippen MR) is 214 cm³/mol. The number of nitrogens with zero attached hydrogens (tertiary/aromatic N) is 4. The summed E-state index contributed by atoms with van der Waals surface area (Å²) < 4.78 is 0. The summed E-state index contributed by atoms with van der Waals surface area (Å²) in [4.78, 5) is 18.0. The molecule has 0 saturated heterocycles. The van der Waals surface area contributed by atoms with Crippen LogP contribution in [0.25, 0.3) is 21.3 Å². The van der Waals surface area contributed by atoms with E-state index in [0.29, 0.717) is 37.7 Å². The van der Waals surface area contributed by atoms with Crippen molar-refractivity contribution in [1.29, 1.82) is 0 Å². The molecule has 0 saturated carbocycles. The van der Waals surface area contributed by atoms with Crippen molar-refractivity contribution in [1.82, 2.24) is 0 Å². The van der Waals surface area contributed by atoms with Gasteiger partial charge < -0.3 is 41.7 Å². The van der Waals surface area contributed by atoms with Crippen LogP contribution >= 0.6 is 0 Å². The zero-order chi connectivity index (χ0) is 40.6. The molecule has 12 heteroatoms. The summed E-state index contributed by atoms with van der Waals surface area (Å²) in [5, 5.41) is 58.3. The van der Waals surface area contributed by atoms with E-state index in [2.05, 4.69) is 121 Å². The van der Waals surface area contributed by atoms with E-state index in [9.17, 15) is 10.2 Å². The fraction of sp³-hybridized carbons (Fsp3) is 0.667. The Morgan fingerprint density at radius 2 is 0.704 bits per heavy atom. The number of phenols is 2. The summed E-state index contributed by atoms with van der Waals surface area (Å²) in [6, 6.07) is 7.76. The van der Waals surface area contributed by atoms with Crippen LogP contribution in [0.15, 0.2) is 24.3 Å². The molecule has 296 valence electrons. The number of carbonyl (C=O) groups is 2. The molecular weight excluding hydrogens is 787 g/mol. The van der Waals surface area contributed by atoms with Gasteiger partial charge in [0.25, 0.3) is 11.9 Å². The SMILES string of the molecule is CC(=O)O.CC(=O)O.CC1[N-]CC(C)(C)C[N-]C(C)c2cc(C(C)(C)C)cc(c2O)C(C)[N-]CC(C)(C)C[N-]C(C)c2cc(C(C)(C)C)cc1c2O.[Zn+2].[Zn+2]. The van der Waals surface area contributed by atoms with Crippen LogP contribution in [0.4, 0.5) is 0 Å². The monoisotopic (exact) mass is 852 g/mol. The van der Waals surface area contributed by atoms with Gasteiger partial charge in [0, 0.05) is 13.8 Å². The van der Waals surface area contributed by atoms with Crippen LogP contribution in [0, 0.1) is 10.8 Å². The van der Waals surface area contributed by atoms with Crippen LogP contribution < -0.4 is 0 Å². The molecule has 4 atom stereocenters. The maximum atomic E-state index is 11.6. The van der Waals surface area contributed by atoms with Crippen LogP contribution in [0.3, 0.4) is 0 Å². The van der Waals surface area contributed by atoms with Crippen molar-refractivity contribution in [3.8, 4) is 11.5 Å². The molecule has 0 spiro atoms. The van der Waals surface area contributed by atoms with Gasteiger partial charge in [0.15, 0.2) is 0 Å². The minimum atomic E-state index is -0.833. The van der Waals surface area contributed by atoms with Crippen LogP contribution in [0.5, 0.6) is 11.5 Å². The van der Waals surface area contributed by atoms with E-state index >= 15 is 0 Å². The van der Waals surface area contributed by atoms with Crippen molar-refractivity contribution in [2.45, 2.75) is 146 Å². The maximum absolute atomic E-state index is 11.6. The van der Waals surface area contributed by atoms with Gasteiger partial charge in [-0.05, 0) is 44.2 Å². The first-order valence-corrected chi connectivity index (χ1v) is 18.3. The number of phenolic OH excluding ortho intramolecular Hbond substituents is 2. The third-order valence-corrected chi connectivity index (χ3v) is 9.04. The number of carboxylic acids is 2. The number of aromatic hydroxyl groups is 2. The number of hydrogen-bond donors (Lipinski definition) is 4. The molecule has 1 aliphatic rings. The zero-order valence-corrected chi connectivity index (χ0v) is 42.2. The third-order valence-electron chi connectivity index (χ3n) is 9.04. The normalized spacial score (nSPS) is 21.9. The molecule has 1 heterocycles. The molecule has 3 rings (SSSR count). The molecule has 0 amide bonds. The van der Waals surface area contributed by atoms with Gasteiger partial charge in [0.05, 0.1) is 0 Å². The van der Waals surface area contributed by atoms with Crippen molar-refractivity contribution >= 4 is 11.9 Å². The average Bonchev–Trinajstić information content (AvgIpc) is 2.98. The zero-order valence-electron chi connectivity index (χ0n) is 36.3. The molecule has 4 unspecified atom stereocenters. The van der Waals surface area contributed by atoms with Crippen LogP contribution in [0.1, 0.15) is 168 Å². The molecular formula is C42H68N4O6Zn2. The fourth-order valence-electron chi connectivity index (χ4n) is 5.53. The maximum Gasteiger partial charge on any atom is 2.00 e. The Morgan fingerprint density at radius 3 is 0.852 bits per heavy atom. The first kappa shape index (κ1) is 54.2. The quantitative estimate of drug-likeness (QED) is 0.192. The van der Waals surface area contributed by atoms with Gasteiger partial charge in [-0.15, -0.1) is 50.3 Å². The van der Waals surface area contributed by atoms with E-state index in [1.165, 1.54) is 11.1 Å². The third kappa shape index (κ3) is 17.9. The van der Waals surface area contributed by atoms with Crippen molar-refractivity contribution in [2.75, 3.05) is 26.2 Å². The average molecular weight is 856 g/mol. The molecule has 10 nitrogen and oxygen atoms in total. The van der Waals surface area contributed by atoms with E-state index in [0.717, 1.165) is 36.1 Å². The Bertz CT molecular complexity index is 1310. The van der Waals surface area contributed by atoms with Crippen molar-refractivity contribution in [3.63, 3.8) is 0 Å². The molecule has 0 aromatic heterocycles. The topological polar surface area (TPSA) is 171 Å². The second kappa shape index (κ2) is 22.1. The molecule has 4 N–H and O–H groups in total. The Kier molecular flexibility index (Phi) is 22.2. The number of carboxylic acid groups (broad SMARTS) is 2. The first-order chi connectivity index (χ1) is 23.5. The minimum Gasteiger partial charge on any atom is -0.655 e. The molecule has 4 bridgehead atoms. The molecule has 2 aromatic carbocycles. The van der Waals surface area contributed by atoms with Gasteiger partial charge in [0.1, 0.15) is 11.5 Å². The number of benzene rings is 2. The molecule has 0 fully saturated rings. The molecule has 2 aromatic rings. The largest absolute Gasteiger partial charge is 2.00 e. The van der Waals surface area contributed by atoms with E-state index in [-0.39, 0.29) is 84.8 Å². The fourth-order valence-corrected chi connectivity index (χ4v) is 5.53. The van der Waals surface area contributed by atoms with Gasteiger partial charge in [-0.1, -0.05) is 132 Å². The van der Waals surface area contributed by atoms with Gasteiger partial charge in [-0.2, -0.15) is 0 Å². The Morgan fingerprint density at radius 1 is 0.537 bits per heavy atom. The van der Waals surface area contributed by atoms with Crippen molar-refractivity contribution in [2.24, 2.45) is 10.8 Å². The number of fused-ring (bicyclic) bond motifs is 4. The van der Waals surface area contributed by atoms with Gasteiger partial charge >= 0.3 is 39.0 Å². The minimum absolute atomic E-state index is 0. The second-order valence-corrected chi connectivity index (χ2v) is 17.9. The molecule has 1 aliphatic heterocycles. The van der Waals surface area contributed by atoms with Crippen LogP contribution in [-0.4, -0.2) is 58.5 Å². The van der Waals surface area contributed by atoms with Crippen LogP contribution in [0.2, 0.25) is 0 Å². The number of hydrogen-bond acceptors (Lipinski definition) is 4. The van der Waals surface area contributed by atoms with E-state index in [1.807, 2.05) is 0 Å². The first-order valence-electron chi connectivity index (χ1n) is 18.3. The van der Waals surface area contributed by atoms with Gasteiger partial charge in [-0.3, -0.25) is 9.59 Å². The Labute approximate surface area is 352 Å². The van der Waals surface area contributed by atoms with Crippen molar-refractivity contribution in [3.05, 3.63) is 78.9 Å². The summed E-state index contributed by atoms with van der Waals surface area (Å²) in [7, 11) is 0. The van der Waals surface area contributed by atoms with Crippen molar-refractivity contribution < 1.29 is 69.0 Å². The predicted octanol–water partition coefficient (Wildman–Crippen LogP) is 11.4. The molecule has 0 radical (unpaired) electrons. The second-order valence-electron chi connectivity index (χ2n) is 17.9. The number of rotatable bonds is 0. The van der Waals surface area contributed by atoms with E-state index < -0.39 is 11.9 Å². The van der Waals surface area contributed by atoms with Gasteiger partial charge in [0.2, 0.25) is 0 Å². The summed E-state index contributed by atoms with van der Waals surface area (Å²) in [6.07, 6.45) is 0. The number of aliphatic carboxylic acids is 2. The van der Waals surface area contributed by atoms with E-state index in [4.69, 9.17) is 41.1 Å². The molecule has 54 heavy (non-hydrogen) atoms. The summed E-state index contributed by atoms with van der Waals surface area (Å²) in [6.45, 7) is 34.8. The van der Waals surface area contributed by atoms with Gasteiger partial charge in [-0.25, -0.2) is 0 Å². The summed E-state index contributed by atoms with van der Waals surface area (Å²) >= 11 is 0. The summed E-state index contributed by atoms with van der Waals surface area (Å²) in [5.74, 6) is -1.06. The Hall–Kier alpha value is -1.93. The van der Waals surface area contributed by atoms with Crippen LogP contribution in [-0.2, 0) is 59.4 Å². The Balaban J connectivity index is 0. The van der Waals surface area contributed by atoms with E-state index in [1.54, 1.807) is 0 Å². The summed E-state index contributed by atoms with van der Waals surface area (Å²) in [5.41, 5.74) is 5.20. The molecule has 0 aliphatic carbocycles. The standard InChI is InChI=1S/C38H60N4O2.2C2H4O2.2Zn/c1-23-29-15-27(35(5,6)7)16-30(33(29)43)24(2)41-21-38(13,14)22-42-26(4)32-18-28(36(8,9)10)17-31(34(32)44)25(3)40-20-37(11,12)19-39-23;2*1-2(3)4;;/h15-18,23-26,43-44H,19-22H2,1-14H3;2*1H3,(H,3,4);;/q-4;;;2*+2. The smallest absolute Gasteiger partial charge is 0.655 e.